The molecule has 2 rings (SSSR count). The van der Waals surface area contributed by atoms with Crippen molar-refractivity contribution in [1.29, 1.82) is 0 Å². The second-order valence-corrected chi connectivity index (χ2v) is 4.03. The molecule has 2 aromatic rings. The van der Waals surface area contributed by atoms with Crippen molar-refractivity contribution in [3.8, 4) is 11.4 Å². The van der Waals surface area contributed by atoms with Crippen LogP contribution in [-0.4, -0.2) is 24.2 Å². The van der Waals surface area contributed by atoms with Gasteiger partial charge < -0.3 is 9.47 Å². The Kier molecular flexibility index (Phi) is 4.70. The Labute approximate surface area is 115 Å². The zero-order valence-electron chi connectivity index (χ0n) is 11.1. The van der Waals surface area contributed by atoms with Crippen LogP contribution in [0.3, 0.4) is 0 Å². The summed E-state index contributed by atoms with van der Waals surface area (Å²) < 4.78 is 35.2. The van der Waals surface area contributed by atoms with Crippen molar-refractivity contribution in [2.75, 3.05) is 14.2 Å². The minimum Gasteiger partial charge on any atom is -0.350 e. The third-order valence-corrected chi connectivity index (χ3v) is 2.77. The Morgan fingerprint density at radius 3 is 2.20 bits per heavy atom. The molecule has 0 aliphatic heterocycles. The van der Waals surface area contributed by atoms with Crippen LogP contribution in [0, 0.1) is 0 Å². The highest BCUT2D eigenvalue weighted by molar-refractivity contribution is 5.55. The maximum atomic E-state index is 12.5. The highest BCUT2D eigenvalue weighted by Crippen LogP contribution is 2.23. The van der Waals surface area contributed by atoms with E-state index in [9.17, 15) is 8.78 Å². The van der Waals surface area contributed by atoms with Crippen LogP contribution in [0.15, 0.2) is 36.5 Å². The molecule has 0 aliphatic rings. The second kappa shape index (κ2) is 6.49. The molecule has 1 aromatic carbocycles. The zero-order valence-corrected chi connectivity index (χ0v) is 11.1. The predicted molar refractivity (Wildman–Crippen MR) is 69.2 cm³/mol. The standard InChI is InChI=1S/C14H14F2N2O2/c1-19-14(20-2)11-7-8-17-13(18-11)10-5-3-9(4-6-10)12(15)16/h3-8,12,14H,1-2H3. The van der Waals surface area contributed by atoms with Crippen molar-refractivity contribution >= 4 is 0 Å². The van der Waals surface area contributed by atoms with E-state index in [2.05, 4.69) is 9.97 Å². The van der Waals surface area contributed by atoms with Crippen molar-refractivity contribution in [2.45, 2.75) is 12.7 Å². The molecule has 0 saturated heterocycles. The van der Waals surface area contributed by atoms with Gasteiger partial charge in [-0.15, -0.1) is 0 Å². The Bertz CT molecular complexity index is 557. The lowest BCUT2D eigenvalue weighted by Crippen LogP contribution is -2.07. The summed E-state index contributed by atoms with van der Waals surface area (Å²) in [5.41, 5.74) is 1.19. The van der Waals surface area contributed by atoms with Gasteiger partial charge >= 0.3 is 0 Å². The van der Waals surface area contributed by atoms with Crippen LogP contribution in [0.1, 0.15) is 24.0 Å². The first-order valence-electron chi connectivity index (χ1n) is 5.92. The number of hydrogen-bond donors (Lipinski definition) is 0. The Morgan fingerprint density at radius 1 is 1.00 bits per heavy atom. The molecule has 6 heteroatoms. The summed E-state index contributed by atoms with van der Waals surface area (Å²) in [7, 11) is 3.01. The van der Waals surface area contributed by atoms with Gasteiger partial charge in [0, 0.05) is 31.5 Å². The Morgan fingerprint density at radius 2 is 1.65 bits per heavy atom. The van der Waals surface area contributed by atoms with Crippen molar-refractivity contribution in [2.24, 2.45) is 0 Å². The van der Waals surface area contributed by atoms with Gasteiger partial charge in [-0.1, -0.05) is 24.3 Å². The van der Waals surface area contributed by atoms with E-state index in [1.165, 1.54) is 26.4 Å². The summed E-state index contributed by atoms with van der Waals surface area (Å²) in [5, 5.41) is 0. The van der Waals surface area contributed by atoms with Gasteiger partial charge in [0.05, 0.1) is 0 Å². The smallest absolute Gasteiger partial charge is 0.263 e. The quantitative estimate of drug-likeness (QED) is 0.788. The molecule has 20 heavy (non-hydrogen) atoms. The summed E-state index contributed by atoms with van der Waals surface area (Å²) in [6.45, 7) is 0. The molecule has 4 nitrogen and oxygen atoms in total. The van der Waals surface area contributed by atoms with E-state index in [-0.39, 0.29) is 5.56 Å². The molecule has 0 amide bonds. The number of aromatic nitrogens is 2. The van der Waals surface area contributed by atoms with Crippen LogP contribution in [0.25, 0.3) is 11.4 Å². The van der Waals surface area contributed by atoms with E-state index in [1.54, 1.807) is 24.4 Å². The maximum absolute atomic E-state index is 12.5. The van der Waals surface area contributed by atoms with Gasteiger partial charge in [0.15, 0.2) is 5.82 Å². The monoisotopic (exact) mass is 280 g/mol. The first-order valence-corrected chi connectivity index (χ1v) is 5.92. The van der Waals surface area contributed by atoms with E-state index in [1.807, 2.05) is 0 Å². The number of benzene rings is 1. The number of methoxy groups -OCH3 is 2. The average molecular weight is 280 g/mol. The number of halogens is 2. The molecule has 0 radical (unpaired) electrons. The lowest BCUT2D eigenvalue weighted by molar-refractivity contribution is -0.108. The fourth-order valence-corrected chi connectivity index (χ4v) is 1.76. The highest BCUT2D eigenvalue weighted by Gasteiger charge is 2.13. The van der Waals surface area contributed by atoms with Crippen molar-refractivity contribution in [1.82, 2.24) is 9.97 Å². The van der Waals surface area contributed by atoms with E-state index >= 15 is 0 Å². The average Bonchev–Trinajstić information content (AvgIpc) is 2.49. The summed E-state index contributed by atoms with van der Waals surface area (Å²) in [4.78, 5) is 8.44. The summed E-state index contributed by atoms with van der Waals surface area (Å²) in [6, 6.07) is 7.53. The van der Waals surface area contributed by atoms with Crippen LogP contribution >= 0.6 is 0 Å². The molecule has 106 valence electrons. The van der Waals surface area contributed by atoms with Gasteiger partial charge in [-0.2, -0.15) is 0 Å². The summed E-state index contributed by atoms with van der Waals surface area (Å²) >= 11 is 0. The first-order chi connectivity index (χ1) is 9.65. The largest absolute Gasteiger partial charge is 0.350 e. The Balaban J connectivity index is 2.30. The van der Waals surface area contributed by atoms with Crippen molar-refractivity contribution in [3.05, 3.63) is 47.8 Å². The number of nitrogens with zero attached hydrogens (tertiary/aromatic N) is 2. The van der Waals surface area contributed by atoms with Gasteiger partial charge in [0.2, 0.25) is 6.29 Å². The Hall–Kier alpha value is -1.92. The summed E-state index contributed by atoms with van der Waals surface area (Å²) in [6.07, 6.45) is -1.50. The molecule has 0 spiro atoms. The van der Waals surface area contributed by atoms with Crippen molar-refractivity contribution < 1.29 is 18.3 Å². The first kappa shape index (κ1) is 14.5. The maximum Gasteiger partial charge on any atom is 0.263 e. The molecule has 1 aromatic heterocycles. The normalized spacial score (nSPS) is 11.3. The molecular weight excluding hydrogens is 266 g/mol. The van der Waals surface area contributed by atoms with Gasteiger partial charge in [-0.25, -0.2) is 18.7 Å². The van der Waals surface area contributed by atoms with Gasteiger partial charge in [-0.3, -0.25) is 0 Å². The minimum absolute atomic E-state index is 0.0310. The molecule has 0 fully saturated rings. The lowest BCUT2D eigenvalue weighted by atomic mass is 10.1. The number of rotatable bonds is 5. The predicted octanol–water partition coefficient (Wildman–Crippen LogP) is 3.37. The SMILES string of the molecule is COC(OC)c1ccnc(-c2ccc(C(F)F)cc2)n1. The minimum atomic E-state index is -2.48. The fourth-order valence-electron chi connectivity index (χ4n) is 1.76. The van der Waals surface area contributed by atoms with Crippen LogP contribution < -0.4 is 0 Å². The molecule has 0 unspecified atom stereocenters. The van der Waals surface area contributed by atoms with Crippen molar-refractivity contribution in [3.63, 3.8) is 0 Å². The van der Waals surface area contributed by atoms with E-state index < -0.39 is 12.7 Å². The highest BCUT2D eigenvalue weighted by atomic mass is 19.3. The number of alkyl halides is 2. The van der Waals surface area contributed by atoms with Gasteiger partial charge in [0.25, 0.3) is 6.43 Å². The van der Waals surface area contributed by atoms with Gasteiger partial charge in [0.1, 0.15) is 5.69 Å². The molecule has 0 saturated carbocycles. The molecule has 0 N–H and O–H groups in total. The van der Waals surface area contributed by atoms with E-state index in [0.717, 1.165) is 0 Å². The zero-order chi connectivity index (χ0) is 14.5. The molecular formula is C14H14F2N2O2. The third kappa shape index (κ3) is 3.15. The molecule has 0 atom stereocenters. The number of hydrogen-bond acceptors (Lipinski definition) is 4. The lowest BCUT2D eigenvalue weighted by Gasteiger charge is -2.13. The van der Waals surface area contributed by atoms with Crippen LogP contribution in [0.4, 0.5) is 8.78 Å². The number of ether oxygens (including phenoxy) is 2. The topological polar surface area (TPSA) is 44.2 Å². The van der Waals surface area contributed by atoms with E-state index in [0.29, 0.717) is 17.1 Å². The summed E-state index contributed by atoms with van der Waals surface area (Å²) in [5.74, 6) is 0.433. The van der Waals surface area contributed by atoms with Crippen LogP contribution in [-0.2, 0) is 9.47 Å². The molecule has 0 bridgehead atoms. The van der Waals surface area contributed by atoms with Gasteiger partial charge in [-0.05, 0) is 6.07 Å². The fraction of sp³-hybridized carbons (Fsp3) is 0.286. The molecule has 1 heterocycles. The second-order valence-electron chi connectivity index (χ2n) is 4.03. The van der Waals surface area contributed by atoms with Crippen LogP contribution in [0.5, 0.6) is 0 Å². The third-order valence-electron chi connectivity index (χ3n) is 2.77. The molecule has 0 aliphatic carbocycles. The van der Waals surface area contributed by atoms with Crippen LogP contribution in [0.2, 0.25) is 0 Å². The van der Waals surface area contributed by atoms with E-state index in [4.69, 9.17) is 9.47 Å².